The molecule has 2 rings (SSSR count). The molecule has 2 N–H and O–H groups in total. The van der Waals surface area contributed by atoms with Crippen molar-refractivity contribution in [3.63, 3.8) is 0 Å². The molecule has 2 saturated heterocycles. The third-order valence-electron chi connectivity index (χ3n) is 3.54. The molecule has 18 heavy (non-hydrogen) atoms. The zero-order chi connectivity index (χ0) is 12.3. The second-order valence-electron chi connectivity index (χ2n) is 5.13. The molecule has 1 amide bonds. The van der Waals surface area contributed by atoms with Crippen LogP contribution in [0, 0.1) is 0 Å². The van der Waals surface area contributed by atoms with Crippen molar-refractivity contribution in [1.29, 1.82) is 0 Å². The maximum absolute atomic E-state index is 12.0. The van der Waals surface area contributed by atoms with Crippen LogP contribution >= 0.6 is 24.2 Å². The highest BCUT2D eigenvalue weighted by Gasteiger charge is 2.33. The Morgan fingerprint density at radius 1 is 1.61 bits per heavy atom. The van der Waals surface area contributed by atoms with Crippen molar-refractivity contribution in [3.8, 4) is 0 Å². The first-order chi connectivity index (χ1) is 8.11. The van der Waals surface area contributed by atoms with Crippen molar-refractivity contribution in [1.82, 2.24) is 10.6 Å². The highest BCUT2D eigenvalue weighted by molar-refractivity contribution is 8.00. The minimum absolute atomic E-state index is 0. The summed E-state index contributed by atoms with van der Waals surface area (Å²) in [6, 6.07) is -0.196. The molecule has 0 aromatic heterocycles. The fourth-order valence-corrected chi connectivity index (χ4v) is 3.63. The summed E-state index contributed by atoms with van der Waals surface area (Å²) in [4.78, 5) is 12.0. The topological polar surface area (TPSA) is 50.4 Å². The van der Waals surface area contributed by atoms with Gasteiger partial charge in [0.05, 0.1) is 12.7 Å². The van der Waals surface area contributed by atoms with Gasteiger partial charge in [-0.1, -0.05) is 0 Å². The van der Waals surface area contributed by atoms with Crippen molar-refractivity contribution in [2.75, 3.05) is 25.4 Å². The molecule has 0 saturated carbocycles. The SMILES string of the molecule is C[C@H]1OCCN[C@@H]1C(=O)NCC1(C)CCCS1.Cl. The summed E-state index contributed by atoms with van der Waals surface area (Å²) >= 11 is 1.97. The van der Waals surface area contributed by atoms with Gasteiger partial charge in [0.15, 0.2) is 0 Å². The van der Waals surface area contributed by atoms with E-state index >= 15 is 0 Å². The Kier molecular flexibility index (Phi) is 6.24. The van der Waals surface area contributed by atoms with Gasteiger partial charge in [-0.25, -0.2) is 0 Å². The zero-order valence-electron chi connectivity index (χ0n) is 11.0. The summed E-state index contributed by atoms with van der Waals surface area (Å²) in [6.45, 7) is 6.40. The molecule has 1 unspecified atom stereocenters. The van der Waals surface area contributed by atoms with Gasteiger partial charge in [0.1, 0.15) is 6.04 Å². The molecule has 6 heteroatoms. The number of thioether (sulfide) groups is 1. The summed E-state index contributed by atoms with van der Waals surface area (Å²) in [5.41, 5.74) is 0. The van der Waals surface area contributed by atoms with Crippen molar-refractivity contribution in [3.05, 3.63) is 0 Å². The maximum atomic E-state index is 12.0. The number of amides is 1. The molecule has 0 bridgehead atoms. The fourth-order valence-electron chi connectivity index (χ4n) is 2.39. The molecule has 2 heterocycles. The number of hydrogen-bond donors (Lipinski definition) is 2. The van der Waals surface area contributed by atoms with Crippen molar-refractivity contribution < 1.29 is 9.53 Å². The zero-order valence-corrected chi connectivity index (χ0v) is 12.7. The minimum Gasteiger partial charge on any atom is -0.375 e. The number of carbonyl (C=O) groups is 1. The van der Waals surface area contributed by atoms with E-state index in [9.17, 15) is 4.79 Å². The van der Waals surface area contributed by atoms with Crippen LogP contribution < -0.4 is 10.6 Å². The van der Waals surface area contributed by atoms with Crippen LogP contribution in [-0.4, -0.2) is 48.2 Å². The van der Waals surface area contributed by atoms with Crippen LogP contribution in [0.1, 0.15) is 26.7 Å². The predicted molar refractivity (Wildman–Crippen MR) is 77.6 cm³/mol. The molecule has 2 aliphatic rings. The molecular formula is C12H23ClN2O2S. The Hall–Kier alpha value is 0.0300. The molecule has 2 fully saturated rings. The number of morpholine rings is 1. The van der Waals surface area contributed by atoms with Gasteiger partial charge in [-0.2, -0.15) is 11.8 Å². The van der Waals surface area contributed by atoms with E-state index in [1.54, 1.807) is 0 Å². The number of halogens is 1. The van der Waals surface area contributed by atoms with E-state index in [0.29, 0.717) is 6.61 Å². The molecule has 3 atom stereocenters. The van der Waals surface area contributed by atoms with E-state index in [1.165, 1.54) is 18.6 Å². The third kappa shape index (κ3) is 4.02. The second kappa shape index (κ2) is 6.98. The number of nitrogens with one attached hydrogen (secondary N) is 2. The van der Waals surface area contributed by atoms with Gasteiger partial charge in [-0.3, -0.25) is 4.79 Å². The molecule has 106 valence electrons. The van der Waals surface area contributed by atoms with Crippen LogP contribution in [0.15, 0.2) is 0 Å². The summed E-state index contributed by atoms with van der Waals surface area (Å²) in [6.07, 6.45) is 2.42. The first-order valence-electron chi connectivity index (χ1n) is 6.37. The van der Waals surface area contributed by atoms with E-state index < -0.39 is 0 Å². The fraction of sp³-hybridized carbons (Fsp3) is 0.917. The van der Waals surface area contributed by atoms with Crippen LogP contribution in [-0.2, 0) is 9.53 Å². The summed E-state index contributed by atoms with van der Waals surface area (Å²) in [5, 5.41) is 6.28. The maximum Gasteiger partial charge on any atom is 0.239 e. The third-order valence-corrected chi connectivity index (χ3v) is 5.07. The van der Waals surface area contributed by atoms with Crippen molar-refractivity contribution in [2.24, 2.45) is 0 Å². The highest BCUT2D eigenvalue weighted by Crippen LogP contribution is 2.36. The van der Waals surface area contributed by atoms with Crippen LogP contribution in [0.5, 0.6) is 0 Å². The monoisotopic (exact) mass is 294 g/mol. The van der Waals surface area contributed by atoms with Gasteiger partial charge in [0, 0.05) is 17.8 Å². The minimum atomic E-state index is -0.196. The normalized spacial score (nSPS) is 35.9. The van der Waals surface area contributed by atoms with Gasteiger partial charge in [0.2, 0.25) is 5.91 Å². The Balaban J connectivity index is 0.00000162. The molecule has 0 aromatic rings. The Morgan fingerprint density at radius 3 is 3.00 bits per heavy atom. The average molecular weight is 295 g/mol. The number of carbonyl (C=O) groups excluding carboxylic acids is 1. The van der Waals surface area contributed by atoms with Gasteiger partial charge < -0.3 is 15.4 Å². The average Bonchev–Trinajstić information content (AvgIpc) is 2.74. The van der Waals surface area contributed by atoms with Crippen LogP contribution in [0.25, 0.3) is 0 Å². The highest BCUT2D eigenvalue weighted by atomic mass is 35.5. The molecule has 0 spiro atoms. The van der Waals surface area contributed by atoms with Gasteiger partial charge >= 0.3 is 0 Å². The van der Waals surface area contributed by atoms with E-state index in [2.05, 4.69) is 17.6 Å². The molecule has 2 aliphatic heterocycles. The standard InChI is InChI=1S/C12H22N2O2S.ClH/c1-9-10(13-5-6-16-9)11(15)14-8-12(2)4-3-7-17-12;/h9-10,13H,3-8H2,1-2H3,(H,14,15);1H/t9-,10+,12?;/m1./s1. The second-order valence-corrected chi connectivity index (χ2v) is 6.81. The number of ether oxygens (including phenoxy) is 1. The predicted octanol–water partition coefficient (Wildman–Crippen LogP) is 1.19. The Morgan fingerprint density at radius 2 is 2.39 bits per heavy atom. The molecule has 0 aliphatic carbocycles. The van der Waals surface area contributed by atoms with Crippen LogP contribution in [0.4, 0.5) is 0 Å². The van der Waals surface area contributed by atoms with E-state index in [4.69, 9.17) is 4.74 Å². The largest absolute Gasteiger partial charge is 0.375 e. The van der Waals surface area contributed by atoms with Gasteiger partial charge in [-0.15, -0.1) is 12.4 Å². The summed E-state index contributed by atoms with van der Waals surface area (Å²) in [7, 11) is 0. The summed E-state index contributed by atoms with van der Waals surface area (Å²) < 4.78 is 5.71. The lowest BCUT2D eigenvalue weighted by atomic mass is 10.1. The lowest BCUT2D eigenvalue weighted by Gasteiger charge is -2.31. The van der Waals surface area contributed by atoms with Crippen LogP contribution in [0.2, 0.25) is 0 Å². The summed E-state index contributed by atoms with van der Waals surface area (Å²) in [5.74, 6) is 1.29. The van der Waals surface area contributed by atoms with Gasteiger partial charge in [-0.05, 0) is 32.4 Å². The molecule has 0 radical (unpaired) electrons. The van der Waals surface area contributed by atoms with Crippen LogP contribution in [0.3, 0.4) is 0 Å². The smallest absolute Gasteiger partial charge is 0.239 e. The number of hydrogen-bond acceptors (Lipinski definition) is 4. The van der Waals surface area contributed by atoms with E-state index in [0.717, 1.165) is 13.1 Å². The van der Waals surface area contributed by atoms with E-state index in [1.807, 2.05) is 18.7 Å². The van der Waals surface area contributed by atoms with Crippen molar-refractivity contribution >= 4 is 30.1 Å². The van der Waals surface area contributed by atoms with E-state index in [-0.39, 0.29) is 35.2 Å². The first kappa shape index (κ1) is 16.1. The Bertz CT molecular complexity index is 285. The molecule has 0 aromatic carbocycles. The quantitative estimate of drug-likeness (QED) is 0.821. The lowest BCUT2D eigenvalue weighted by Crippen LogP contribution is -2.56. The lowest BCUT2D eigenvalue weighted by molar-refractivity contribution is -0.129. The van der Waals surface area contributed by atoms with Crippen molar-refractivity contribution in [2.45, 2.75) is 43.6 Å². The number of rotatable bonds is 3. The van der Waals surface area contributed by atoms with Gasteiger partial charge in [0.25, 0.3) is 0 Å². The Labute approximate surface area is 119 Å². The molecule has 4 nitrogen and oxygen atoms in total. The molecular weight excluding hydrogens is 272 g/mol. The first-order valence-corrected chi connectivity index (χ1v) is 7.36.